The quantitative estimate of drug-likeness (QED) is 0.677. The fourth-order valence-corrected chi connectivity index (χ4v) is 1.51. The SMILES string of the molecule is CCc1c#cc2c(c1)C(=O)NCC2. The average Bonchev–Trinajstić information content (AvgIpc) is 2.18. The van der Waals surface area contributed by atoms with Crippen molar-refractivity contribution in [3.63, 3.8) is 0 Å². The van der Waals surface area contributed by atoms with Crippen molar-refractivity contribution in [3.05, 3.63) is 34.9 Å². The highest BCUT2D eigenvalue weighted by atomic mass is 16.1. The van der Waals surface area contributed by atoms with Gasteiger partial charge in [-0.2, -0.15) is 0 Å². The smallest absolute Gasteiger partial charge is 0.252 e. The molecule has 0 unspecified atom stereocenters. The second-order valence-electron chi connectivity index (χ2n) is 3.17. The predicted octanol–water partition coefficient (Wildman–Crippen LogP) is 1.14. The van der Waals surface area contributed by atoms with Crippen LogP contribution in [0.15, 0.2) is 6.07 Å². The molecule has 0 aromatic heterocycles. The molecule has 66 valence electrons. The number of fused-ring (bicyclic) bond motifs is 1. The summed E-state index contributed by atoms with van der Waals surface area (Å²) in [5, 5.41) is 2.82. The van der Waals surface area contributed by atoms with Crippen molar-refractivity contribution in [1.82, 2.24) is 5.32 Å². The summed E-state index contributed by atoms with van der Waals surface area (Å²) in [6, 6.07) is 8.03. The maximum atomic E-state index is 11.4. The van der Waals surface area contributed by atoms with Crippen molar-refractivity contribution in [1.29, 1.82) is 0 Å². The Balaban J connectivity index is 2.47. The number of hydrogen-bond acceptors (Lipinski definition) is 1. The van der Waals surface area contributed by atoms with Crippen LogP contribution in [0.1, 0.15) is 28.4 Å². The zero-order valence-corrected chi connectivity index (χ0v) is 7.61. The Morgan fingerprint density at radius 3 is 3.15 bits per heavy atom. The van der Waals surface area contributed by atoms with Gasteiger partial charge in [-0.15, -0.1) is 0 Å². The average molecular weight is 173 g/mol. The summed E-state index contributed by atoms with van der Waals surface area (Å²) in [5.41, 5.74) is 2.83. The minimum absolute atomic E-state index is 0.0289. The van der Waals surface area contributed by atoms with Gasteiger partial charge in [-0.1, -0.05) is 19.1 Å². The van der Waals surface area contributed by atoms with Crippen LogP contribution in [0.3, 0.4) is 0 Å². The second kappa shape index (κ2) is 3.10. The van der Waals surface area contributed by atoms with E-state index in [9.17, 15) is 4.79 Å². The molecule has 1 N–H and O–H groups in total. The molecule has 0 saturated heterocycles. The van der Waals surface area contributed by atoms with Gasteiger partial charge >= 0.3 is 0 Å². The number of nitrogens with one attached hydrogen (secondary N) is 1. The molecule has 0 fully saturated rings. The fraction of sp³-hybridized carbons (Fsp3) is 0.364. The van der Waals surface area contributed by atoms with Gasteiger partial charge in [0.25, 0.3) is 5.91 Å². The number of aryl methyl sites for hydroxylation is 1. The van der Waals surface area contributed by atoms with Gasteiger partial charge in [0.1, 0.15) is 0 Å². The molecule has 0 saturated carbocycles. The van der Waals surface area contributed by atoms with Crippen molar-refractivity contribution in [2.24, 2.45) is 0 Å². The first-order chi connectivity index (χ1) is 6.31. The van der Waals surface area contributed by atoms with Crippen LogP contribution in [0.4, 0.5) is 0 Å². The molecule has 13 heavy (non-hydrogen) atoms. The van der Waals surface area contributed by atoms with E-state index in [0.29, 0.717) is 0 Å². The minimum Gasteiger partial charge on any atom is -0.352 e. The lowest BCUT2D eigenvalue weighted by Crippen LogP contribution is -2.31. The van der Waals surface area contributed by atoms with Crippen LogP contribution in [0, 0.1) is 12.1 Å². The molecular formula is C11H11NO. The number of carbonyl (C=O) groups excluding carboxylic acids is 1. The molecule has 0 aliphatic carbocycles. The molecule has 1 amide bonds. The summed E-state index contributed by atoms with van der Waals surface area (Å²) in [6.07, 6.45) is 1.78. The number of carbonyl (C=O) groups is 1. The Morgan fingerprint density at radius 2 is 2.38 bits per heavy atom. The summed E-state index contributed by atoms with van der Waals surface area (Å²) in [5.74, 6) is 0.0289. The van der Waals surface area contributed by atoms with Gasteiger partial charge in [-0.3, -0.25) is 4.79 Å². The van der Waals surface area contributed by atoms with E-state index < -0.39 is 0 Å². The molecule has 1 aliphatic rings. The molecule has 0 atom stereocenters. The van der Waals surface area contributed by atoms with E-state index in [1.165, 1.54) is 0 Å². The molecular weight excluding hydrogens is 162 g/mol. The fourth-order valence-electron chi connectivity index (χ4n) is 1.51. The van der Waals surface area contributed by atoms with E-state index in [2.05, 4.69) is 17.4 Å². The molecule has 1 aromatic rings. The lowest BCUT2D eigenvalue weighted by atomic mass is 10.00. The second-order valence-corrected chi connectivity index (χ2v) is 3.17. The highest BCUT2D eigenvalue weighted by Crippen LogP contribution is 2.12. The summed E-state index contributed by atoms with van der Waals surface area (Å²) in [4.78, 5) is 11.4. The van der Waals surface area contributed by atoms with Crippen LogP contribution in [-0.4, -0.2) is 12.5 Å². The summed E-state index contributed by atoms with van der Waals surface area (Å²) in [7, 11) is 0. The highest BCUT2D eigenvalue weighted by molar-refractivity contribution is 5.96. The van der Waals surface area contributed by atoms with E-state index >= 15 is 0 Å². The summed E-state index contributed by atoms with van der Waals surface area (Å²) < 4.78 is 0. The van der Waals surface area contributed by atoms with Gasteiger partial charge in [-0.05, 0) is 18.9 Å². The van der Waals surface area contributed by atoms with Gasteiger partial charge in [-0.25, -0.2) is 0 Å². The highest BCUT2D eigenvalue weighted by Gasteiger charge is 2.15. The molecule has 0 radical (unpaired) electrons. The van der Waals surface area contributed by atoms with E-state index in [0.717, 1.165) is 36.1 Å². The lowest BCUT2D eigenvalue weighted by Gasteiger charge is -2.14. The number of amides is 1. The Hall–Kier alpha value is -1.49. The summed E-state index contributed by atoms with van der Waals surface area (Å²) >= 11 is 0. The van der Waals surface area contributed by atoms with Gasteiger partial charge < -0.3 is 5.32 Å². The Labute approximate surface area is 78.0 Å². The third-order valence-electron chi connectivity index (χ3n) is 2.30. The standard InChI is InChI=1S/C11H11NO/c1-2-8-3-4-9-5-6-12-11(13)10(9)7-8/h7H,2,5-6H2,1H3,(H,12,13). The Bertz CT molecular complexity index is 344. The summed E-state index contributed by atoms with van der Waals surface area (Å²) in [6.45, 7) is 2.77. The zero-order valence-electron chi connectivity index (χ0n) is 7.61. The maximum Gasteiger partial charge on any atom is 0.252 e. The van der Waals surface area contributed by atoms with Crippen molar-refractivity contribution in [3.8, 4) is 0 Å². The normalized spacial score (nSPS) is 14.4. The number of rotatable bonds is 1. The first-order valence-electron chi connectivity index (χ1n) is 4.55. The zero-order chi connectivity index (χ0) is 9.26. The maximum absolute atomic E-state index is 11.4. The van der Waals surface area contributed by atoms with Crippen molar-refractivity contribution in [2.45, 2.75) is 19.8 Å². The topological polar surface area (TPSA) is 29.1 Å². The van der Waals surface area contributed by atoms with Crippen LogP contribution in [0.2, 0.25) is 0 Å². The van der Waals surface area contributed by atoms with E-state index in [4.69, 9.17) is 0 Å². The van der Waals surface area contributed by atoms with Gasteiger partial charge in [0.2, 0.25) is 0 Å². The molecule has 2 rings (SSSR count). The minimum atomic E-state index is 0.0289. The van der Waals surface area contributed by atoms with Crippen LogP contribution >= 0.6 is 0 Å². The van der Waals surface area contributed by atoms with Gasteiger partial charge in [0.05, 0.1) is 5.56 Å². The van der Waals surface area contributed by atoms with E-state index in [1.807, 2.05) is 13.0 Å². The van der Waals surface area contributed by atoms with Gasteiger partial charge in [0.15, 0.2) is 0 Å². The third kappa shape index (κ3) is 1.38. The molecule has 2 heteroatoms. The molecule has 0 bridgehead atoms. The van der Waals surface area contributed by atoms with Crippen molar-refractivity contribution in [2.75, 3.05) is 6.54 Å². The van der Waals surface area contributed by atoms with Gasteiger partial charge in [0, 0.05) is 17.7 Å². The van der Waals surface area contributed by atoms with Crippen molar-refractivity contribution >= 4 is 5.91 Å². The lowest BCUT2D eigenvalue weighted by molar-refractivity contribution is 0.0946. The Morgan fingerprint density at radius 1 is 1.54 bits per heavy atom. The van der Waals surface area contributed by atoms with E-state index in [-0.39, 0.29) is 5.91 Å². The predicted molar refractivity (Wildman–Crippen MR) is 49.5 cm³/mol. The molecule has 2 nitrogen and oxygen atoms in total. The Kier molecular flexibility index (Phi) is 1.94. The largest absolute Gasteiger partial charge is 0.352 e. The molecule has 1 heterocycles. The first-order valence-corrected chi connectivity index (χ1v) is 4.55. The van der Waals surface area contributed by atoms with Crippen LogP contribution in [0.5, 0.6) is 0 Å². The third-order valence-corrected chi connectivity index (χ3v) is 2.30. The number of hydrogen-bond donors (Lipinski definition) is 1. The molecule has 1 aliphatic heterocycles. The van der Waals surface area contributed by atoms with Crippen LogP contribution in [0.25, 0.3) is 0 Å². The van der Waals surface area contributed by atoms with Crippen LogP contribution < -0.4 is 5.32 Å². The first kappa shape index (κ1) is 8.12. The monoisotopic (exact) mass is 173 g/mol. The molecule has 0 spiro atoms. The molecule has 1 aromatic carbocycles. The van der Waals surface area contributed by atoms with Crippen LogP contribution in [-0.2, 0) is 12.8 Å². The van der Waals surface area contributed by atoms with E-state index in [1.54, 1.807) is 0 Å². The van der Waals surface area contributed by atoms with Crippen molar-refractivity contribution < 1.29 is 4.79 Å².